The predicted molar refractivity (Wildman–Crippen MR) is 106 cm³/mol. The van der Waals surface area contributed by atoms with Crippen molar-refractivity contribution >= 4 is 5.52 Å². The third-order valence-corrected chi connectivity index (χ3v) is 5.27. The lowest BCUT2D eigenvalue weighted by atomic mass is 10.1. The Morgan fingerprint density at radius 2 is 1.93 bits per heavy atom. The summed E-state index contributed by atoms with van der Waals surface area (Å²) in [7, 11) is 0. The molecule has 5 rings (SSSR count). The number of aromatic nitrogens is 3. The summed E-state index contributed by atoms with van der Waals surface area (Å²) in [6, 6.07) is 14.7. The van der Waals surface area contributed by atoms with Gasteiger partial charge < -0.3 is 9.15 Å². The lowest BCUT2D eigenvalue weighted by molar-refractivity contribution is -0.0343. The van der Waals surface area contributed by atoms with Gasteiger partial charge in [0.05, 0.1) is 24.6 Å². The molecule has 1 aromatic carbocycles. The van der Waals surface area contributed by atoms with Crippen molar-refractivity contribution in [2.75, 3.05) is 19.7 Å². The number of nitrogens with zero attached hydrogens (tertiary/aromatic N) is 4. The Bertz CT molecular complexity index is 1070. The average molecular weight is 374 g/mol. The van der Waals surface area contributed by atoms with Crippen LogP contribution in [0.4, 0.5) is 0 Å². The Morgan fingerprint density at radius 1 is 1.07 bits per heavy atom. The van der Waals surface area contributed by atoms with E-state index >= 15 is 0 Å². The van der Waals surface area contributed by atoms with Crippen LogP contribution in [-0.4, -0.2) is 39.4 Å². The molecule has 0 radical (unpaired) electrons. The minimum absolute atomic E-state index is 0.0802. The highest BCUT2D eigenvalue weighted by molar-refractivity contribution is 5.66. The van der Waals surface area contributed by atoms with Gasteiger partial charge in [0, 0.05) is 37.0 Å². The molecule has 1 aliphatic heterocycles. The number of hydrogen-bond donors (Lipinski definition) is 0. The predicted octanol–water partition coefficient (Wildman–Crippen LogP) is 3.87. The number of hydrogen-bond acceptors (Lipinski definition) is 5. The summed E-state index contributed by atoms with van der Waals surface area (Å²) in [6.07, 6.45) is 5.46. The first-order valence-corrected chi connectivity index (χ1v) is 9.53. The van der Waals surface area contributed by atoms with Gasteiger partial charge in [0.2, 0.25) is 0 Å². The van der Waals surface area contributed by atoms with Gasteiger partial charge in [-0.1, -0.05) is 41.1 Å². The van der Waals surface area contributed by atoms with Crippen LogP contribution in [0, 0.1) is 6.92 Å². The fraction of sp³-hybridized carbons (Fsp3) is 0.273. The number of morpholine rings is 1. The van der Waals surface area contributed by atoms with Crippen LogP contribution in [0.2, 0.25) is 0 Å². The molecule has 0 aliphatic carbocycles. The van der Waals surface area contributed by atoms with Crippen LogP contribution >= 0.6 is 0 Å². The fourth-order valence-corrected chi connectivity index (χ4v) is 3.71. The van der Waals surface area contributed by atoms with Crippen LogP contribution in [0.3, 0.4) is 0 Å². The normalized spacial score (nSPS) is 18.0. The summed E-state index contributed by atoms with van der Waals surface area (Å²) in [5.74, 6) is 0. The van der Waals surface area contributed by atoms with Gasteiger partial charge in [-0.05, 0) is 24.6 Å². The van der Waals surface area contributed by atoms with E-state index in [1.54, 1.807) is 12.5 Å². The summed E-state index contributed by atoms with van der Waals surface area (Å²) < 4.78 is 13.1. The Hall–Kier alpha value is -2.96. The zero-order chi connectivity index (χ0) is 18.9. The molecular formula is C22H22N4O2. The lowest BCUT2D eigenvalue weighted by Crippen LogP contribution is -2.37. The smallest absolute Gasteiger partial charge is 0.121 e. The highest BCUT2D eigenvalue weighted by Gasteiger charge is 2.26. The van der Waals surface area contributed by atoms with E-state index in [1.807, 2.05) is 16.8 Å². The molecule has 3 aromatic heterocycles. The second-order valence-corrected chi connectivity index (χ2v) is 7.31. The van der Waals surface area contributed by atoms with Gasteiger partial charge in [0.1, 0.15) is 11.8 Å². The second kappa shape index (κ2) is 7.22. The Labute approximate surface area is 163 Å². The largest absolute Gasteiger partial charge is 0.472 e. The molecule has 6 nitrogen and oxygen atoms in total. The van der Waals surface area contributed by atoms with Crippen LogP contribution in [0.25, 0.3) is 16.6 Å². The van der Waals surface area contributed by atoms with Crippen LogP contribution in [0.15, 0.2) is 65.6 Å². The van der Waals surface area contributed by atoms with Gasteiger partial charge >= 0.3 is 0 Å². The van der Waals surface area contributed by atoms with Gasteiger partial charge in [0.15, 0.2) is 0 Å². The molecular weight excluding hydrogens is 352 g/mol. The van der Waals surface area contributed by atoms with E-state index in [2.05, 4.69) is 58.5 Å². The van der Waals surface area contributed by atoms with E-state index < -0.39 is 0 Å². The van der Waals surface area contributed by atoms with Crippen molar-refractivity contribution in [2.45, 2.75) is 19.6 Å². The number of benzene rings is 1. The first kappa shape index (κ1) is 17.2. The van der Waals surface area contributed by atoms with Gasteiger partial charge in [-0.3, -0.25) is 4.90 Å². The van der Waals surface area contributed by atoms with E-state index in [-0.39, 0.29) is 6.10 Å². The molecule has 28 heavy (non-hydrogen) atoms. The zero-order valence-electron chi connectivity index (χ0n) is 15.8. The maximum atomic E-state index is 6.03. The van der Waals surface area contributed by atoms with Crippen molar-refractivity contribution in [1.29, 1.82) is 0 Å². The third kappa shape index (κ3) is 3.32. The molecule has 0 amide bonds. The van der Waals surface area contributed by atoms with Crippen molar-refractivity contribution in [3.05, 3.63) is 78.0 Å². The van der Waals surface area contributed by atoms with Crippen molar-refractivity contribution in [3.8, 4) is 11.1 Å². The first-order valence-electron chi connectivity index (χ1n) is 9.53. The molecule has 0 saturated carbocycles. The molecule has 1 fully saturated rings. The molecule has 0 unspecified atom stereocenters. The van der Waals surface area contributed by atoms with Crippen molar-refractivity contribution < 1.29 is 9.15 Å². The van der Waals surface area contributed by atoms with Gasteiger partial charge in [-0.25, -0.2) is 4.52 Å². The summed E-state index contributed by atoms with van der Waals surface area (Å²) in [5, 5.41) is 8.79. The molecule has 4 aromatic rings. The molecule has 142 valence electrons. The van der Waals surface area contributed by atoms with E-state index in [4.69, 9.17) is 9.15 Å². The third-order valence-electron chi connectivity index (χ3n) is 5.27. The Balaban J connectivity index is 1.39. The maximum Gasteiger partial charge on any atom is 0.121 e. The second-order valence-electron chi connectivity index (χ2n) is 7.31. The standard InChI is InChI=1S/C22H22N4O2/c1-16-2-4-18(5-3-16)19-6-7-20-22(23-24-26(20)13-19)21-14-25(9-11-28-21)12-17-8-10-27-15-17/h2-8,10,13,15,21H,9,11-12,14H2,1H3/t21-/m1/s1. The Morgan fingerprint density at radius 3 is 2.75 bits per heavy atom. The molecule has 6 heteroatoms. The van der Waals surface area contributed by atoms with Gasteiger partial charge in [0.25, 0.3) is 0 Å². The minimum Gasteiger partial charge on any atom is -0.472 e. The highest BCUT2D eigenvalue weighted by Crippen LogP contribution is 2.27. The fourth-order valence-electron chi connectivity index (χ4n) is 3.71. The highest BCUT2D eigenvalue weighted by atomic mass is 16.5. The van der Waals surface area contributed by atoms with Gasteiger partial charge in [-0.15, -0.1) is 5.10 Å². The molecule has 1 saturated heterocycles. The molecule has 0 bridgehead atoms. The molecule has 1 aliphatic rings. The zero-order valence-corrected chi connectivity index (χ0v) is 15.8. The number of fused-ring (bicyclic) bond motifs is 1. The molecule has 0 N–H and O–H groups in total. The summed E-state index contributed by atoms with van der Waals surface area (Å²) in [5.41, 5.74) is 6.61. The maximum absolute atomic E-state index is 6.03. The van der Waals surface area contributed by atoms with Crippen LogP contribution < -0.4 is 0 Å². The van der Waals surface area contributed by atoms with Crippen molar-refractivity contribution in [1.82, 2.24) is 19.7 Å². The number of pyridine rings is 1. The summed E-state index contributed by atoms with van der Waals surface area (Å²) in [6.45, 7) is 5.32. The molecule has 1 atom stereocenters. The number of furan rings is 1. The summed E-state index contributed by atoms with van der Waals surface area (Å²) in [4.78, 5) is 2.37. The van der Waals surface area contributed by atoms with E-state index in [0.29, 0.717) is 6.61 Å². The van der Waals surface area contributed by atoms with Crippen LogP contribution in [-0.2, 0) is 11.3 Å². The minimum atomic E-state index is -0.0802. The Kier molecular flexibility index (Phi) is 4.43. The van der Waals surface area contributed by atoms with Crippen molar-refractivity contribution in [3.63, 3.8) is 0 Å². The number of aryl methyl sites for hydroxylation is 1. The van der Waals surface area contributed by atoms with Crippen LogP contribution in [0.1, 0.15) is 22.9 Å². The lowest BCUT2D eigenvalue weighted by Gasteiger charge is -2.31. The number of rotatable bonds is 4. The monoisotopic (exact) mass is 374 g/mol. The quantitative estimate of drug-likeness (QED) is 0.543. The average Bonchev–Trinajstić information content (AvgIpc) is 3.38. The van der Waals surface area contributed by atoms with Gasteiger partial charge in [-0.2, -0.15) is 0 Å². The van der Waals surface area contributed by atoms with E-state index in [1.165, 1.54) is 16.7 Å². The molecule has 4 heterocycles. The van der Waals surface area contributed by atoms with E-state index in [9.17, 15) is 0 Å². The SMILES string of the molecule is Cc1ccc(-c2ccc3c([C@H]4CN(Cc5ccoc5)CCO4)nnn3c2)cc1. The molecule has 0 spiro atoms. The van der Waals surface area contributed by atoms with Crippen molar-refractivity contribution in [2.24, 2.45) is 0 Å². The van der Waals surface area contributed by atoms with Crippen LogP contribution in [0.5, 0.6) is 0 Å². The topological polar surface area (TPSA) is 55.8 Å². The first-order chi connectivity index (χ1) is 13.8. The van der Waals surface area contributed by atoms with E-state index in [0.717, 1.165) is 36.4 Å². The summed E-state index contributed by atoms with van der Waals surface area (Å²) >= 11 is 0. The number of ether oxygens (including phenoxy) is 1.